The van der Waals surface area contributed by atoms with Crippen LogP contribution in [0.15, 0.2) is 60.9 Å². The van der Waals surface area contributed by atoms with Crippen molar-refractivity contribution in [2.45, 2.75) is 0 Å². The van der Waals surface area contributed by atoms with E-state index in [0.29, 0.717) is 0 Å². The molecule has 3 heteroatoms. The average molecular weight is 236 g/mol. The number of aromatic nitrogens is 1. The molecule has 2 aromatic carbocycles. The molecule has 2 N–H and O–H groups in total. The first kappa shape index (κ1) is 10.6. The van der Waals surface area contributed by atoms with Gasteiger partial charge in [-0.05, 0) is 30.3 Å². The Morgan fingerprint density at radius 1 is 0.889 bits per heavy atom. The van der Waals surface area contributed by atoms with Gasteiger partial charge in [0.1, 0.15) is 11.5 Å². The summed E-state index contributed by atoms with van der Waals surface area (Å²) in [6.45, 7) is 0. The summed E-state index contributed by atoms with van der Waals surface area (Å²) in [5, 5.41) is 1.87. The summed E-state index contributed by atoms with van der Waals surface area (Å²) in [5.74, 6) is 1.56. The molecule has 0 fully saturated rings. The molecular weight excluding hydrogens is 224 g/mol. The molecule has 0 saturated heterocycles. The highest BCUT2D eigenvalue weighted by Crippen LogP contribution is 2.32. The Kier molecular flexibility index (Phi) is 2.57. The first-order valence-corrected chi connectivity index (χ1v) is 5.70. The Balaban J connectivity index is 2.10. The molecule has 88 valence electrons. The van der Waals surface area contributed by atoms with E-state index in [0.717, 1.165) is 28.0 Å². The van der Waals surface area contributed by atoms with Gasteiger partial charge in [-0.2, -0.15) is 0 Å². The van der Waals surface area contributed by atoms with Gasteiger partial charge in [0.15, 0.2) is 0 Å². The zero-order chi connectivity index (χ0) is 12.4. The number of nitrogens with zero attached hydrogens (tertiary/aromatic N) is 1. The second-order valence-corrected chi connectivity index (χ2v) is 3.99. The van der Waals surface area contributed by atoms with E-state index in [1.54, 1.807) is 12.4 Å². The van der Waals surface area contributed by atoms with Crippen molar-refractivity contribution in [1.29, 1.82) is 0 Å². The van der Waals surface area contributed by atoms with Crippen molar-refractivity contribution in [3.63, 3.8) is 0 Å². The lowest BCUT2D eigenvalue weighted by atomic mass is 10.1. The minimum Gasteiger partial charge on any atom is -0.457 e. The van der Waals surface area contributed by atoms with E-state index < -0.39 is 0 Å². The highest BCUT2D eigenvalue weighted by atomic mass is 16.5. The SMILES string of the molecule is Nc1ccc(Oc2ccccc2)c2cnccc12. The Morgan fingerprint density at radius 3 is 2.56 bits per heavy atom. The van der Waals surface area contributed by atoms with Gasteiger partial charge in [-0.15, -0.1) is 0 Å². The zero-order valence-electron chi connectivity index (χ0n) is 9.71. The van der Waals surface area contributed by atoms with Gasteiger partial charge < -0.3 is 10.5 Å². The summed E-state index contributed by atoms with van der Waals surface area (Å²) in [6.07, 6.45) is 3.49. The maximum absolute atomic E-state index is 5.94. The van der Waals surface area contributed by atoms with Crippen molar-refractivity contribution < 1.29 is 4.74 Å². The number of ether oxygens (including phenoxy) is 1. The normalized spacial score (nSPS) is 10.4. The molecule has 0 saturated carbocycles. The van der Waals surface area contributed by atoms with Crippen molar-refractivity contribution >= 4 is 16.5 Å². The summed E-state index contributed by atoms with van der Waals surface area (Å²) in [4.78, 5) is 4.12. The quantitative estimate of drug-likeness (QED) is 0.691. The predicted octanol–water partition coefficient (Wildman–Crippen LogP) is 3.61. The summed E-state index contributed by atoms with van der Waals surface area (Å²) >= 11 is 0. The van der Waals surface area contributed by atoms with Crippen LogP contribution in [0.1, 0.15) is 0 Å². The topological polar surface area (TPSA) is 48.1 Å². The summed E-state index contributed by atoms with van der Waals surface area (Å²) in [5.41, 5.74) is 6.66. The predicted molar refractivity (Wildman–Crippen MR) is 72.7 cm³/mol. The average Bonchev–Trinajstić information content (AvgIpc) is 2.44. The fraction of sp³-hybridized carbons (Fsp3) is 0. The maximum atomic E-state index is 5.94. The number of nitrogen functional groups attached to an aromatic ring is 1. The number of benzene rings is 2. The molecule has 0 amide bonds. The lowest BCUT2D eigenvalue weighted by Crippen LogP contribution is -1.91. The van der Waals surface area contributed by atoms with Gasteiger partial charge in [0, 0.05) is 28.9 Å². The van der Waals surface area contributed by atoms with Crippen molar-refractivity contribution in [2.75, 3.05) is 5.73 Å². The standard InChI is InChI=1S/C15H12N2O/c16-14-6-7-15(13-10-17-9-8-12(13)14)18-11-4-2-1-3-5-11/h1-10H,16H2. The lowest BCUT2D eigenvalue weighted by Gasteiger charge is -2.09. The van der Waals surface area contributed by atoms with Gasteiger partial charge in [-0.3, -0.25) is 4.98 Å². The van der Waals surface area contributed by atoms with Crippen LogP contribution in [0.3, 0.4) is 0 Å². The lowest BCUT2D eigenvalue weighted by molar-refractivity contribution is 0.488. The Hall–Kier alpha value is -2.55. The van der Waals surface area contributed by atoms with Crippen molar-refractivity contribution in [2.24, 2.45) is 0 Å². The number of para-hydroxylation sites is 1. The Morgan fingerprint density at radius 2 is 1.72 bits per heavy atom. The van der Waals surface area contributed by atoms with Gasteiger partial charge in [-0.1, -0.05) is 18.2 Å². The van der Waals surface area contributed by atoms with Crippen molar-refractivity contribution in [3.8, 4) is 11.5 Å². The van der Waals surface area contributed by atoms with Gasteiger partial charge >= 0.3 is 0 Å². The molecule has 1 aromatic heterocycles. The molecule has 0 atom stereocenters. The van der Waals surface area contributed by atoms with Crippen LogP contribution >= 0.6 is 0 Å². The number of anilines is 1. The third-order valence-corrected chi connectivity index (χ3v) is 2.78. The largest absolute Gasteiger partial charge is 0.457 e. The van der Waals surface area contributed by atoms with E-state index in [2.05, 4.69) is 4.98 Å². The van der Waals surface area contributed by atoms with Crippen LogP contribution in [-0.2, 0) is 0 Å². The van der Waals surface area contributed by atoms with Crippen molar-refractivity contribution in [3.05, 3.63) is 60.9 Å². The van der Waals surface area contributed by atoms with Gasteiger partial charge in [0.25, 0.3) is 0 Å². The highest BCUT2D eigenvalue weighted by Gasteiger charge is 2.05. The van der Waals surface area contributed by atoms with E-state index in [1.165, 1.54) is 0 Å². The van der Waals surface area contributed by atoms with Crippen LogP contribution in [-0.4, -0.2) is 4.98 Å². The third kappa shape index (κ3) is 1.86. The number of pyridine rings is 1. The number of hydrogen-bond donors (Lipinski definition) is 1. The molecule has 0 bridgehead atoms. The third-order valence-electron chi connectivity index (χ3n) is 2.78. The van der Waals surface area contributed by atoms with E-state index in [9.17, 15) is 0 Å². The van der Waals surface area contributed by atoms with E-state index in [4.69, 9.17) is 10.5 Å². The second-order valence-electron chi connectivity index (χ2n) is 3.99. The fourth-order valence-electron chi connectivity index (χ4n) is 1.89. The molecule has 3 aromatic rings. The van der Waals surface area contributed by atoms with Gasteiger partial charge in [0.2, 0.25) is 0 Å². The van der Waals surface area contributed by atoms with Crippen LogP contribution in [0, 0.1) is 0 Å². The van der Waals surface area contributed by atoms with Crippen LogP contribution in [0.25, 0.3) is 10.8 Å². The molecule has 0 aliphatic carbocycles. The molecule has 1 heterocycles. The first-order chi connectivity index (χ1) is 8.84. The highest BCUT2D eigenvalue weighted by molar-refractivity contribution is 5.96. The smallest absolute Gasteiger partial charge is 0.136 e. The van der Waals surface area contributed by atoms with Crippen molar-refractivity contribution in [1.82, 2.24) is 4.98 Å². The molecule has 0 aliphatic heterocycles. The minimum absolute atomic E-state index is 0.729. The van der Waals surface area contributed by atoms with Crippen LogP contribution in [0.2, 0.25) is 0 Å². The van der Waals surface area contributed by atoms with Crippen LogP contribution in [0.5, 0.6) is 11.5 Å². The summed E-state index contributed by atoms with van der Waals surface area (Å²) in [6, 6.07) is 15.3. The molecule has 18 heavy (non-hydrogen) atoms. The molecule has 3 nitrogen and oxygen atoms in total. The number of fused-ring (bicyclic) bond motifs is 1. The minimum atomic E-state index is 0.729. The molecule has 0 unspecified atom stereocenters. The maximum Gasteiger partial charge on any atom is 0.136 e. The Labute approximate surface area is 105 Å². The molecular formula is C15H12N2O. The van der Waals surface area contributed by atoms with E-state index in [-0.39, 0.29) is 0 Å². The van der Waals surface area contributed by atoms with E-state index in [1.807, 2.05) is 48.5 Å². The number of nitrogens with two attached hydrogens (primary N) is 1. The Bertz CT molecular complexity index is 680. The van der Waals surface area contributed by atoms with Gasteiger partial charge in [0.05, 0.1) is 0 Å². The number of rotatable bonds is 2. The summed E-state index contributed by atoms with van der Waals surface area (Å²) in [7, 11) is 0. The molecule has 0 radical (unpaired) electrons. The fourth-order valence-corrected chi connectivity index (χ4v) is 1.89. The molecule has 3 rings (SSSR count). The van der Waals surface area contributed by atoms with Gasteiger partial charge in [-0.25, -0.2) is 0 Å². The molecule has 0 aliphatic rings. The molecule has 0 spiro atoms. The summed E-state index contributed by atoms with van der Waals surface area (Å²) < 4.78 is 5.85. The first-order valence-electron chi connectivity index (χ1n) is 5.70. The van der Waals surface area contributed by atoms with Crippen LogP contribution in [0.4, 0.5) is 5.69 Å². The second kappa shape index (κ2) is 4.37. The van der Waals surface area contributed by atoms with Crippen LogP contribution < -0.4 is 10.5 Å². The van der Waals surface area contributed by atoms with E-state index >= 15 is 0 Å². The monoisotopic (exact) mass is 236 g/mol. The number of hydrogen-bond acceptors (Lipinski definition) is 3. The zero-order valence-corrected chi connectivity index (χ0v) is 9.71.